The van der Waals surface area contributed by atoms with Gasteiger partial charge in [-0.1, -0.05) is 12.1 Å². The molecule has 0 saturated carbocycles. The molecule has 1 amide bonds. The van der Waals surface area contributed by atoms with E-state index in [4.69, 9.17) is 0 Å². The Morgan fingerprint density at radius 2 is 1.85 bits per heavy atom. The summed E-state index contributed by atoms with van der Waals surface area (Å²) in [7, 11) is 0. The van der Waals surface area contributed by atoms with E-state index in [1.54, 1.807) is 0 Å². The molecule has 110 valence electrons. The number of para-hydroxylation sites is 1. The molecule has 20 heavy (non-hydrogen) atoms. The molecule has 1 fully saturated rings. The fraction of sp³-hybridized carbons (Fsp3) is 0.462. The first-order valence-corrected chi connectivity index (χ1v) is 6.19. The van der Waals surface area contributed by atoms with Crippen molar-refractivity contribution >= 4 is 5.91 Å². The second-order valence-electron chi connectivity index (χ2n) is 4.57. The minimum atomic E-state index is -4.84. The van der Waals surface area contributed by atoms with Gasteiger partial charge in [0.05, 0.1) is 11.7 Å². The molecule has 0 radical (unpaired) electrons. The largest absolute Gasteiger partial charge is 0.573 e. The summed E-state index contributed by atoms with van der Waals surface area (Å²) in [5, 5.41) is 9.38. The number of amides is 1. The van der Waals surface area contributed by atoms with Crippen molar-refractivity contribution in [3.63, 3.8) is 0 Å². The number of carbonyl (C=O) groups is 1. The zero-order valence-electron chi connectivity index (χ0n) is 10.6. The van der Waals surface area contributed by atoms with Crippen LogP contribution >= 0.6 is 0 Å². The highest BCUT2D eigenvalue weighted by molar-refractivity contribution is 5.97. The second kappa shape index (κ2) is 5.70. The van der Waals surface area contributed by atoms with Crippen LogP contribution in [-0.4, -0.2) is 41.5 Å². The third-order valence-electron chi connectivity index (χ3n) is 3.09. The van der Waals surface area contributed by atoms with Gasteiger partial charge in [0.25, 0.3) is 5.91 Å². The number of likely N-dealkylation sites (tertiary alicyclic amines) is 1. The Labute approximate surface area is 113 Å². The normalized spacial score (nSPS) is 17.1. The van der Waals surface area contributed by atoms with Crippen LogP contribution in [0.5, 0.6) is 5.75 Å². The molecule has 7 heteroatoms. The molecule has 1 aromatic rings. The maximum Gasteiger partial charge on any atom is 0.573 e. The van der Waals surface area contributed by atoms with E-state index < -0.39 is 24.1 Å². The van der Waals surface area contributed by atoms with E-state index in [9.17, 15) is 23.1 Å². The van der Waals surface area contributed by atoms with Gasteiger partial charge in [0.1, 0.15) is 5.75 Å². The molecular formula is C13H14F3NO3. The summed E-state index contributed by atoms with van der Waals surface area (Å²) in [6, 6.07) is 5.26. The highest BCUT2D eigenvalue weighted by Gasteiger charge is 2.33. The number of benzene rings is 1. The number of piperidine rings is 1. The number of carbonyl (C=O) groups excluding carboxylic acids is 1. The van der Waals surface area contributed by atoms with E-state index in [1.807, 2.05) is 0 Å². The second-order valence-corrected chi connectivity index (χ2v) is 4.57. The number of aliphatic hydroxyl groups excluding tert-OH is 1. The van der Waals surface area contributed by atoms with E-state index in [1.165, 1.54) is 23.1 Å². The summed E-state index contributed by atoms with van der Waals surface area (Å²) < 4.78 is 40.8. The first-order chi connectivity index (χ1) is 9.37. The van der Waals surface area contributed by atoms with Gasteiger partial charge >= 0.3 is 6.36 Å². The van der Waals surface area contributed by atoms with Crippen LogP contribution in [-0.2, 0) is 0 Å². The Balaban J connectivity index is 2.17. The third kappa shape index (κ3) is 3.63. The molecule has 0 spiro atoms. The van der Waals surface area contributed by atoms with Gasteiger partial charge in [0, 0.05) is 13.1 Å². The Hall–Kier alpha value is -1.76. The standard InChI is InChI=1S/C13H14F3NO3/c14-13(15,16)20-11-4-2-1-3-10(11)12(19)17-7-5-9(18)6-8-17/h1-4,9,18H,5-8H2. The van der Waals surface area contributed by atoms with Gasteiger partial charge in [-0.05, 0) is 25.0 Å². The van der Waals surface area contributed by atoms with E-state index in [-0.39, 0.29) is 5.56 Å². The average molecular weight is 289 g/mol. The molecule has 1 aliphatic rings. The maximum absolute atomic E-state index is 12.3. The summed E-state index contributed by atoms with van der Waals surface area (Å²) in [6.45, 7) is 0.640. The highest BCUT2D eigenvalue weighted by atomic mass is 19.4. The first kappa shape index (κ1) is 14.6. The van der Waals surface area contributed by atoms with Crippen LogP contribution in [0, 0.1) is 0 Å². The van der Waals surface area contributed by atoms with E-state index in [2.05, 4.69) is 4.74 Å². The van der Waals surface area contributed by atoms with Crippen molar-refractivity contribution in [2.75, 3.05) is 13.1 Å². The predicted octanol–water partition coefficient (Wildman–Crippen LogP) is 2.18. The third-order valence-corrected chi connectivity index (χ3v) is 3.09. The van der Waals surface area contributed by atoms with E-state index in [0.29, 0.717) is 25.9 Å². The topological polar surface area (TPSA) is 49.8 Å². The SMILES string of the molecule is O=C(c1ccccc1OC(F)(F)F)N1CCC(O)CC1. The lowest BCUT2D eigenvalue weighted by atomic mass is 10.1. The van der Waals surface area contributed by atoms with Crippen molar-refractivity contribution in [2.45, 2.75) is 25.3 Å². The van der Waals surface area contributed by atoms with Crippen molar-refractivity contribution in [1.29, 1.82) is 0 Å². The minimum absolute atomic E-state index is 0.124. The molecule has 1 heterocycles. The van der Waals surface area contributed by atoms with Crippen molar-refractivity contribution in [3.05, 3.63) is 29.8 Å². The maximum atomic E-state index is 12.3. The number of ether oxygens (including phenoxy) is 1. The molecular weight excluding hydrogens is 275 g/mol. The van der Waals surface area contributed by atoms with Gasteiger partial charge in [0.2, 0.25) is 0 Å². The smallest absolute Gasteiger partial charge is 0.405 e. The molecule has 0 unspecified atom stereocenters. The van der Waals surface area contributed by atoms with E-state index in [0.717, 1.165) is 6.07 Å². The van der Waals surface area contributed by atoms with Crippen LogP contribution in [0.3, 0.4) is 0 Å². The van der Waals surface area contributed by atoms with Crippen LogP contribution in [0.2, 0.25) is 0 Å². The fourth-order valence-corrected chi connectivity index (χ4v) is 2.10. The predicted molar refractivity (Wildman–Crippen MR) is 64.3 cm³/mol. The Morgan fingerprint density at radius 1 is 1.25 bits per heavy atom. The molecule has 2 rings (SSSR count). The molecule has 0 aromatic heterocycles. The van der Waals surface area contributed by atoms with Crippen LogP contribution in [0.1, 0.15) is 23.2 Å². The van der Waals surface area contributed by atoms with Gasteiger partial charge in [-0.25, -0.2) is 0 Å². The van der Waals surface area contributed by atoms with Crippen LogP contribution < -0.4 is 4.74 Å². The summed E-state index contributed by atoms with van der Waals surface area (Å²) in [5.74, 6) is -1.02. The monoisotopic (exact) mass is 289 g/mol. The van der Waals surface area contributed by atoms with Gasteiger partial charge in [-0.15, -0.1) is 13.2 Å². The minimum Gasteiger partial charge on any atom is -0.405 e. The van der Waals surface area contributed by atoms with Crippen molar-refractivity contribution in [2.24, 2.45) is 0 Å². The highest BCUT2D eigenvalue weighted by Crippen LogP contribution is 2.27. The summed E-state index contributed by atoms with van der Waals surface area (Å²) in [5.41, 5.74) is -0.124. The number of halogens is 3. The number of hydrogen-bond donors (Lipinski definition) is 1. The van der Waals surface area contributed by atoms with Crippen LogP contribution in [0.15, 0.2) is 24.3 Å². The van der Waals surface area contributed by atoms with Crippen molar-refractivity contribution in [1.82, 2.24) is 4.90 Å². The van der Waals surface area contributed by atoms with Gasteiger partial charge < -0.3 is 14.7 Å². The number of nitrogens with zero attached hydrogens (tertiary/aromatic N) is 1. The molecule has 1 aromatic carbocycles. The van der Waals surface area contributed by atoms with Crippen molar-refractivity contribution < 1.29 is 27.8 Å². The Bertz CT molecular complexity index is 482. The lowest BCUT2D eigenvalue weighted by Gasteiger charge is -2.30. The van der Waals surface area contributed by atoms with Crippen LogP contribution in [0.4, 0.5) is 13.2 Å². The summed E-state index contributed by atoms with van der Waals surface area (Å²) >= 11 is 0. The van der Waals surface area contributed by atoms with E-state index >= 15 is 0 Å². The van der Waals surface area contributed by atoms with Crippen LogP contribution in [0.25, 0.3) is 0 Å². The number of alkyl halides is 3. The zero-order valence-corrected chi connectivity index (χ0v) is 10.6. The molecule has 4 nitrogen and oxygen atoms in total. The fourth-order valence-electron chi connectivity index (χ4n) is 2.10. The average Bonchev–Trinajstić information content (AvgIpc) is 2.37. The molecule has 1 aliphatic heterocycles. The summed E-state index contributed by atoms with van der Waals surface area (Å²) in [4.78, 5) is 13.6. The molecule has 1 saturated heterocycles. The van der Waals surface area contributed by atoms with Gasteiger partial charge in [0.15, 0.2) is 0 Å². The molecule has 0 bridgehead atoms. The quantitative estimate of drug-likeness (QED) is 0.908. The molecule has 0 atom stereocenters. The molecule has 1 N–H and O–H groups in total. The van der Waals surface area contributed by atoms with Gasteiger partial charge in [-0.2, -0.15) is 0 Å². The lowest BCUT2D eigenvalue weighted by molar-refractivity contribution is -0.274. The van der Waals surface area contributed by atoms with Gasteiger partial charge in [-0.3, -0.25) is 4.79 Å². The number of rotatable bonds is 2. The Kier molecular flexibility index (Phi) is 4.17. The number of hydrogen-bond acceptors (Lipinski definition) is 3. The first-order valence-electron chi connectivity index (χ1n) is 6.19. The number of aliphatic hydroxyl groups is 1. The zero-order chi connectivity index (χ0) is 14.8. The van der Waals surface area contributed by atoms with Crippen molar-refractivity contribution in [3.8, 4) is 5.75 Å². The lowest BCUT2D eigenvalue weighted by Crippen LogP contribution is -2.40. The molecule has 0 aliphatic carbocycles. The summed E-state index contributed by atoms with van der Waals surface area (Å²) in [6.07, 6.45) is -4.45. The Morgan fingerprint density at radius 3 is 2.45 bits per heavy atom.